The molecule has 4 aliphatic heterocycles. The summed E-state index contributed by atoms with van der Waals surface area (Å²) in [6.07, 6.45) is 0. The Hall–Kier alpha value is -10.9. The minimum Gasteiger partial charge on any atom is -0.311 e. The number of anilines is 12. The van der Waals surface area contributed by atoms with E-state index in [4.69, 9.17) is 0 Å². The Balaban J connectivity index is 0.949. The smallest absolute Gasteiger partial charge is 0.246 e. The highest BCUT2D eigenvalue weighted by Crippen LogP contribution is 2.68. The molecule has 4 nitrogen and oxygen atoms in total. The lowest BCUT2D eigenvalue weighted by molar-refractivity contribution is 0.794. The van der Waals surface area contributed by atoms with Crippen molar-refractivity contribution in [3.63, 3.8) is 0 Å². The van der Waals surface area contributed by atoms with E-state index >= 15 is 0 Å². The zero-order valence-corrected chi connectivity index (χ0v) is 52.1. The SMILES string of the molecule is c1ccc(B2c3ccccc3N(c3ccccc3)c3c2ccc2c3-c3cc(N4c5ccccc5Sc5ccccc54)ccc3C23c2ccc(N4c5ccccc5Sc5ccccc54)cc2-c2c3ccc3c2N(c2ccccc2)c2ccccc2B3c2ccccc2)cc1. The van der Waals surface area contributed by atoms with Crippen LogP contribution in [0, 0.1) is 0 Å². The molecule has 1 spiro atoms. The Kier molecular flexibility index (Phi) is 11.7. The Morgan fingerprint density at radius 3 is 0.925 bits per heavy atom. The first-order valence-corrected chi connectivity index (χ1v) is 33.8. The van der Waals surface area contributed by atoms with Crippen molar-refractivity contribution < 1.29 is 0 Å². The maximum absolute atomic E-state index is 2.61. The maximum atomic E-state index is 2.61. The normalized spacial score (nSPS) is 14.3. The highest BCUT2D eigenvalue weighted by atomic mass is 32.2. The van der Waals surface area contributed by atoms with Crippen LogP contribution in [0.5, 0.6) is 0 Å². The van der Waals surface area contributed by atoms with Gasteiger partial charge in [0.1, 0.15) is 0 Å². The van der Waals surface area contributed by atoms with Crippen molar-refractivity contribution in [1.82, 2.24) is 0 Å². The maximum Gasteiger partial charge on any atom is 0.246 e. The first-order chi connectivity index (χ1) is 46.2. The molecule has 20 rings (SSSR count). The average molecular weight is 1220 g/mol. The number of hydrogen-bond acceptors (Lipinski definition) is 6. The Morgan fingerprint density at radius 2 is 0.548 bits per heavy atom. The lowest BCUT2D eigenvalue weighted by Gasteiger charge is -2.40. The summed E-state index contributed by atoms with van der Waals surface area (Å²) in [7, 11) is 0. The van der Waals surface area contributed by atoms with Crippen LogP contribution in [0.2, 0.25) is 0 Å². The summed E-state index contributed by atoms with van der Waals surface area (Å²) in [5.41, 5.74) is 30.9. The van der Waals surface area contributed by atoms with Crippen LogP contribution < -0.4 is 52.4 Å². The molecule has 0 saturated carbocycles. The fourth-order valence-electron chi connectivity index (χ4n) is 16.7. The largest absolute Gasteiger partial charge is 0.311 e. The molecule has 93 heavy (non-hydrogen) atoms. The van der Waals surface area contributed by atoms with E-state index in [-0.39, 0.29) is 13.4 Å². The zero-order valence-electron chi connectivity index (χ0n) is 50.4. The number of hydrogen-bond donors (Lipinski definition) is 0. The van der Waals surface area contributed by atoms with E-state index in [0.717, 1.165) is 22.7 Å². The molecule has 8 heteroatoms. The van der Waals surface area contributed by atoms with Crippen LogP contribution in [0.3, 0.4) is 0 Å². The van der Waals surface area contributed by atoms with Gasteiger partial charge in [-0.3, -0.25) is 0 Å². The summed E-state index contributed by atoms with van der Waals surface area (Å²) in [6, 6.07) is 124. The second-order valence-corrected chi connectivity index (χ2v) is 27.1. The fraction of sp³-hybridized carbons (Fsp3) is 0.0118. The van der Waals surface area contributed by atoms with E-state index in [2.05, 4.69) is 347 Å². The van der Waals surface area contributed by atoms with Gasteiger partial charge in [-0.25, -0.2) is 0 Å². The third-order valence-corrected chi connectivity index (χ3v) is 22.6. The quantitative estimate of drug-likeness (QED) is 0.153. The van der Waals surface area contributed by atoms with Crippen molar-refractivity contribution in [3.05, 3.63) is 350 Å². The standard InChI is InChI=1S/C85H54B2N4S2/c1-5-25-55(26-6-1)86-67-33-13-15-35-71(67)90(57-29-9-3-10-30-57)83-69(86)51-49-65-81(83)61-53-59(88-73-37-17-21-41-77(73)92-78-42-22-18-38-74(78)88)45-47-63(61)85(65)64-48-46-60(89-75-39-19-23-43-79(75)93-80-44-24-20-40-76(80)89)54-62(64)82-66(85)50-52-70-84(82)91(58-31-11-4-12-32-58)72-36-16-14-34-68(72)87(70)56-27-7-2-8-28-56/h1-54H. The summed E-state index contributed by atoms with van der Waals surface area (Å²) in [5, 5.41) is 0. The number of para-hydroxylation sites is 8. The van der Waals surface area contributed by atoms with E-state index in [1.807, 2.05) is 23.5 Å². The Bertz CT molecular complexity index is 4990. The van der Waals surface area contributed by atoms with Crippen LogP contribution in [0.4, 0.5) is 68.2 Å². The van der Waals surface area contributed by atoms with Crippen LogP contribution in [-0.4, -0.2) is 13.4 Å². The number of fused-ring (bicyclic) bond motifs is 20. The highest BCUT2D eigenvalue weighted by Gasteiger charge is 2.56. The van der Waals surface area contributed by atoms with Crippen molar-refractivity contribution in [1.29, 1.82) is 0 Å². The van der Waals surface area contributed by atoms with Crippen LogP contribution in [0.15, 0.2) is 347 Å². The van der Waals surface area contributed by atoms with Gasteiger partial charge in [0.2, 0.25) is 13.4 Å². The second kappa shape index (κ2) is 20.6. The van der Waals surface area contributed by atoms with Crippen molar-refractivity contribution in [2.24, 2.45) is 0 Å². The molecule has 6 aliphatic rings. The Morgan fingerprint density at radius 1 is 0.237 bits per heavy atom. The first kappa shape index (κ1) is 52.8. The minimum atomic E-state index is -0.819. The second-order valence-electron chi connectivity index (χ2n) is 25.0. The van der Waals surface area contributed by atoms with Crippen molar-refractivity contribution in [2.75, 3.05) is 19.6 Å². The molecule has 0 fully saturated rings. The summed E-state index contributed by atoms with van der Waals surface area (Å²) in [4.78, 5) is 15.2. The molecule has 4 heterocycles. The molecular formula is C85H54B2N4S2. The predicted molar refractivity (Wildman–Crippen MR) is 392 cm³/mol. The monoisotopic (exact) mass is 1220 g/mol. The van der Waals surface area contributed by atoms with E-state index in [9.17, 15) is 0 Å². The molecule has 0 amide bonds. The molecule has 2 aliphatic carbocycles. The van der Waals surface area contributed by atoms with Crippen molar-refractivity contribution in [3.8, 4) is 22.3 Å². The van der Waals surface area contributed by atoms with E-state index in [1.165, 1.54) is 142 Å². The molecular weight excluding hydrogens is 1160 g/mol. The Labute approximate surface area is 550 Å². The lowest BCUT2D eigenvalue weighted by atomic mass is 9.35. The molecule has 14 aromatic rings. The summed E-state index contributed by atoms with van der Waals surface area (Å²) < 4.78 is 0. The van der Waals surface area contributed by atoms with Gasteiger partial charge in [-0.1, -0.05) is 253 Å². The highest BCUT2D eigenvalue weighted by molar-refractivity contribution is 8.00. The van der Waals surface area contributed by atoms with Crippen LogP contribution >= 0.6 is 23.5 Å². The van der Waals surface area contributed by atoms with Gasteiger partial charge in [0.25, 0.3) is 0 Å². The number of nitrogens with zero attached hydrogens (tertiary/aromatic N) is 4. The van der Waals surface area contributed by atoms with Crippen LogP contribution in [0.1, 0.15) is 22.3 Å². The van der Waals surface area contributed by atoms with Gasteiger partial charge in [-0.15, -0.1) is 0 Å². The van der Waals surface area contributed by atoms with Gasteiger partial charge < -0.3 is 19.6 Å². The third-order valence-electron chi connectivity index (χ3n) is 20.3. The zero-order chi connectivity index (χ0) is 60.9. The first-order valence-electron chi connectivity index (χ1n) is 32.1. The topological polar surface area (TPSA) is 13.0 Å². The molecule has 0 radical (unpaired) electrons. The van der Waals surface area contributed by atoms with E-state index in [1.54, 1.807) is 0 Å². The molecule has 432 valence electrons. The van der Waals surface area contributed by atoms with Gasteiger partial charge in [-0.05, 0) is 164 Å². The van der Waals surface area contributed by atoms with Crippen molar-refractivity contribution in [2.45, 2.75) is 25.0 Å². The number of benzene rings is 14. The third kappa shape index (κ3) is 7.56. The molecule has 0 unspecified atom stereocenters. The van der Waals surface area contributed by atoms with Gasteiger partial charge >= 0.3 is 0 Å². The average Bonchev–Trinajstić information content (AvgIpc) is 1.50. The van der Waals surface area contributed by atoms with E-state index in [0.29, 0.717) is 0 Å². The molecule has 0 N–H and O–H groups in total. The molecule has 0 bridgehead atoms. The van der Waals surface area contributed by atoms with Gasteiger partial charge in [0, 0.05) is 76.2 Å². The van der Waals surface area contributed by atoms with E-state index < -0.39 is 5.41 Å². The van der Waals surface area contributed by atoms with Crippen LogP contribution in [-0.2, 0) is 5.41 Å². The van der Waals surface area contributed by atoms with Gasteiger partial charge in [0.05, 0.1) is 28.2 Å². The van der Waals surface area contributed by atoms with Crippen LogP contribution in [0.25, 0.3) is 22.3 Å². The molecule has 14 aromatic carbocycles. The molecule has 0 atom stereocenters. The summed E-state index contributed by atoms with van der Waals surface area (Å²) in [6.45, 7) is -0.103. The molecule has 0 saturated heterocycles. The number of rotatable bonds is 6. The summed E-state index contributed by atoms with van der Waals surface area (Å²) >= 11 is 3.71. The van der Waals surface area contributed by atoms with Gasteiger partial charge in [-0.2, -0.15) is 0 Å². The molecule has 0 aromatic heterocycles. The minimum absolute atomic E-state index is 0.0515. The fourth-order valence-corrected chi connectivity index (χ4v) is 18.8. The summed E-state index contributed by atoms with van der Waals surface area (Å²) in [5.74, 6) is 0. The van der Waals surface area contributed by atoms with Gasteiger partial charge in [0.15, 0.2) is 0 Å². The lowest BCUT2D eigenvalue weighted by Crippen LogP contribution is -2.57. The van der Waals surface area contributed by atoms with Crippen molar-refractivity contribution >= 4 is 138 Å². The predicted octanol–water partition coefficient (Wildman–Crippen LogP) is 18.5.